The molecule has 0 saturated carbocycles. The van der Waals surface area contributed by atoms with Gasteiger partial charge in [0.1, 0.15) is 11.5 Å². The fourth-order valence-corrected chi connectivity index (χ4v) is 2.07. The van der Waals surface area contributed by atoms with Crippen LogP contribution in [0.3, 0.4) is 0 Å². The summed E-state index contributed by atoms with van der Waals surface area (Å²) in [5, 5.41) is 16.4. The minimum atomic E-state index is -0.584. The Hall–Kier alpha value is -1.45. The smallest absolute Gasteiger partial charge is 0.293 e. The summed E-state index contributed by atoms with van der Waals surface area (Å²) in [6.45, 7) is 5.76. The Kier molecular flexibility index (Phi) is 5.87. The average Bonchev–Trinajstić information content (AvgIpc) is 2.30. The van der Waals surface area contributed by atoms with Gasteiger partial charge in [0.25, 0.3) is 5.69 Å². The standard InChI is InChI=1S/C13H17FIN3O3/c1-13(2,3)17-12(19)4-5-16-10-6-8(14)9(15)7-11(10)18(20)21/h6-7,16H,4-5H2,1-3H3,(H,17,19). The van der Waals surface area contributed by atoms with Crippen molar-refractivity contribution in [3.05, 3.63) is 31.6 Å². The van der Waals surface area contributed by atoms with Crippen LogP contribution in [0.1, 0.15) is 27.2 Å². The van der Waals surface area contributed by atoms with E-state index in [9.17, 15) is 19.3 Å². The molecule has 1 rings (SSSR count). The first-order valence-corrected chi connectivity index (χ1v) is 7.36. The summed E-state index contributed by atoms with van der Waals surface area (Å²) < 4.78 is 13.7. The molecule has 0 atom stereocenters. The molecule has 0 bridgehead atoms. The molecule has 1 aromatic carbocycles. The van der Waals surface area contributed by atoms with Crippen LogP contribution in [0.15, 0.2) is 12.1 Å². The van der Waals surface area contributed by atoms with Crippen molar-refractivity contribution in [2.24, 2.45) is 0 Å². The van der Waals surface area contributed by atoms with Gasteiger partial charge in [-0.15, -0.1) is 0 Å². The van der Waals surface area contributed by atoms with Crippen molar-refractivity contribution in [1.82, 2.24) is 5.32 Å². The van der Waals surface area contributed by atoms with Gasteiger partial charge in [0.05, 0.1) is 8.49 Å². The lowest BCUT2D eigenvalue weighted by atomic mass is 10.1. The van der Waals surface area contributed by atoms with E-state index in [1.165, 1.54) is 0 Å². The molecule has 0 radical (unpaired) electrons. The van der Waals surface area contributed by atoms with Crippen LogP contribution in [0.4, 0.5) is 15.8 Å². The topological polar surface area (TPSA) is 84.3 Å². The predicted octanol–water partition coefficient (Wildman–Crippen LogP) is 3.06. The van der Waals surface area contributed by atoms with Gasteiger partial charge in [-0.1, -0.05) is 0 Å². The average molecular weight is 409 g/mol. The molecule has 0 aliphatic carbocycles. The van der Waals surface area contributed by atoms with E-state index in [2.05, 4.69) is 10.6 Å². The summed E-state index contributed by atoms with van der Waals surface area (Å²) in [4.78, 5) is 22.0. The number of amides is 1. The number of carbonyl (C=O) groups excluding carboxylic acids is 1. The molecule has 6 nitrogen and oxygen atoms in total. The molecular formula is C13H17FIN3O3. The second-order valence-corrected chi connectivity index (χ2v) is 6.68. The Labute approximate surface area is 135 Å². The van der Waals surface area contributed by atoms with Gasteiger partial charge in [0.15, 0.2) is 0 Å². The molecule has 0 fully saturated rings. The third kappa shape index (κ3) is 5.82. The second-order valence-electron chi connectivity index (χ2n) is 5.52. The third-order valence-electron chi connectivity index (χ3n) is 2.42. The van der Waals surface area contributed by atoms with Crippen molar-refractivity contribution in [2.75, 3.05) is 11.9 Å². The van der Waals surface area contributed by atoms with Crippen molar-refractivity contribution in [1.29, 1.82) is 0 Å². The van der Waals surface area contributed by atoms with Gasteiger partial charge < -0.3 is 10.6 Å². The van der Waals surface area contributed by atoms with Crippen LogP contribution >= 0.6 is 22.6 Å². The second kappa shape index (κ2) is 7.01. The van der Waals surface area contributed by atoms with E-state index in [1.54, 1.807) is 22.6 Å². The Morgan fingerprint density at radius 2 is 2.05 bits per heavy atom. The molecule has 116 valence electrons. The SMILES string of the molecule is CC(C)(C)NC(=O)CCNc1cc(F)c(I)cc1[N+](=O)[O-]. The van der Waals surface area contributed by atoms with E-state index in [1.807, 2.05) is 20.8 Å². The first-order chi connectivity index (χ1) is 9.60. The number of benzene rings is 1. The predicted molar refractivity (Wildman–Crippen MR) is 86.8 cm³/mol. The summed E-state index contributed by atoms with van der Waals surface area (Å²) in [5.41, 5.74) is -0.476. The van der Waals surface area contributed by atoms with Gasteiger partial charge in [0, 0.05) is 30.6 Å². The van der Waals surface area contributed by atoms with E-state index in [0.29, 0.717) is 0 Å². The molecule has 0 aliphatic heterocycles. The molecule has 21 heavy (non-hydrogen) atoms. The zero-order valence-electron chi connectivity index (χ0n) is 12.0. The number of rotatable bonds is 5. The summed E-state index contributed by atoms with van der Waals surface area (Å²) in [6, 6.07) is 2.23. The lowest BCUT2D eigenvalue weighted by molar-refractivity contribution is -0.384. The highest BCUT2D eigenvalue weighted by Gasteiger charge is 2.18. The van der Waals surface area contributed by atoms with E-state index in [0.717, 1.165) is 12.1 Å². The third-order valence-corrected chi connectivity index (χ3v) is 3.24. The Morgan fingerprint density at radius 3 is 2.57 bits per heavy atom. The first kappa shape index (κ1) is 17.6. The van der Waals surface area contributed by atoms with Crippen molar-refractivity contribution >= 4 is 39.9 Å². The number of carbonyl (C=O) groups is 1. The normalized spacial score (nSPS) is 11.1. The Bertz CT molecular complexity index is 558. The summed E-state index contributed by atoms with van der Waals surface area (Å²) in [7, 11) is 0. The summed E-state index contributed by atoms with van der Waals surface area (Å²) >= 11 is 1.69. The number of halogens is 2. The van der Waals surface area contributed by atoms with Gasteiger partial charge in [-0.2, -0.15) is 0 Å². The maximum absolute atomic E-state index is 13.5. The van der Waals surface area contributed by atoms with E-state index in [4.69, 9.17) is 0 Å². The quantitative estimate of drug-likeness (QED) is 0.445. The highest BCUT2D eigenvalue weighted by Crippen LogP contribution is 2.28. The lowest BCUT2D eigenvalue weighted by Gasteiger charge is -2.20. The maximum Gasteiger partial charge on any atom is 0.293 e. The zero-order valence-corrected chi connectivity index (χ0v) is 14.2. The Balaban J connectivity index is 2.69. The van der Waals surface area contributed by atoms with Crippen molar-refractivity contribution < 1.29 is 14.1 Å². The fourth-order valence-electron chi connectivity index (χ4n) is 1.62. The molecule has 0 heterocycles. The highest BCUT2D eigenvalue weighted by molar-refractivity contribution is 14.1. The minimum Gasteiger partial charge on any atom is -0.379 e. The molecular weight excluding hydrogens is 392 g/mol. The zero-order chi connectivity index (χ0) is 16.2. The number of nitro benzene ring substituents is 1. The van der Waals surface area contributed by atoms with Crippen LogP contribution in [-0.2, 0) is 4.79 Å². The first-order valence-electron chi connectivity index (χ1n) is 6.28. The van der Waals surface area contributed by atoms with Crippen molar-refractivity contribution in [3.63, 3.8) is 0 Å². The molecule has 0 saturated heterocycles. The van der Waals surface area contributed by atoms with Gasteiger partial charge in [-0.3, -0.25) is 14.9 Å². The van der Waals surface area contributed by atoms with Crippen LogP contribution in [0.25, 0.3) is 0 Å². The molecule has 0 aromatic heterocycles. The molecule has 0 unspecified atom stereocenters. The molecule has 2 N–H and O–H groups in total. The van der Waals surface area contributed by atoms with Gasteiger partial charge in [-0.05, 0) is 43.4 Å². The van der Waals surface area contributed by atoms with Gasteiger partial charge >= 0.3 is 0 Å². The Morgan fingerprint density at radius 1 is 1.43 bits per heavy atom. The van der Waals surface area contributed by atoms with Gasteiger partial charge in [0.2, 0.25) is 5.91 Å². The van der Waals surface area contributed by atoms with Crippen molar-refractivity contribution in [3.8, 4) is 0 Å². The van der Waals surface area contributed by atoms with Crippen LogP contribution < -0.4 is 10.6 Å². The van der Waals surface area contributed by atoms with Crippen LogP contribution in [-0.4, -0.2) is 22.9 Å². The highest BCUT2D eigenvalue weighted by atomic mass is 127. The lowest BCUT2D eigenvalue weighted by Crippen LogP contribution is -2.41. The molecule has 1 aromatic rings. The molecule has 0 spiro atoms. The number of nitrogens with zero attached hydrogens (tertiary/aromatic N) is 1. The van der Waals surface area contributed by atoms with Gasteiger partial charge in [-0.25, -0.2) is 4.39 Å². The van der Waals surface area contributed by atoms with E-state index >= 15 is 0 Å². The number of nitro groups is 1. The van der Waals surface area contributed by atoms with Crippen LogP contribution in [0.2, 0.25) is 0 Å². The summed E-state index contributed by atoms with van der Waals surface area (Å²) in [6.07, 6.45) is 0.141. The number of hydrogen-bond acceptors (Lipinski definition) is 4. The maximum atomic E-state index is 13.5. The number of nitrogens with one attached hydrogen (secondary N) is 2. The van der Waals surface area contributed by atoms with E-state index < -0.39 is 10.7 Å². The number of hydrogen-bond donors (Lipinski definition) is 2. The molecule has 0 aliphatic rings. The van der Waals surface area contributed by atoms with Crippen LogP contribution in [0, 0.1) is 19.5 Å². The molecule has 1 amide bonds. The molecule has 8 heteroatoms. The number of anilines is 1. The largest absolute Gasteiger partial charge is 0.379 e. The van der Waals surface area contributed by atoms with Crippen LogP contribution in [0.5, 0.6) is 0 Å². The minimum absolute atomic E-state index is 0.0708. The van der Waals surface area contributed by atoms with E-state index in [-0.39, 0.29) is 39.4 Å². The van der Waals surface area contributed by atoms with Crippen molar-refractivity contribution in [2.45, 2.75) is 32.7 Å². The summed E-state index contributed by atoms with van der Waals surface area (Å²) in [5.74, 6) is -0.716. The fraction of sp³-hybridized carbons (Fsp3) is 0.462. The monoisotopic (exact) mass is 409 g/mol.